The molecule has 1 N–H and O–H groups in total. The van der Waals surface area contributed by atoms with Gasteiger partial charge < -0.3 is 9.67 Å². The number of benzene rings is 5. The Balaban J connectivity index is 1.05. The number of aromatic nitrogens is 2. The molecule has 51 heavy (non-hydrogen) atoms. The highest BCUT2D eigenvalue weighted by molar-refractivity contribution is 7.27. The minimum absolute atomic E-state index is 0.267. The fraction of sp³-hybridized carbons (Fsp3) is 0.0930. The van der Waals surface area contributed by atoms with Crippen LogP contribution in [0.2, 0.25) is 0 Å². The molecule has 0 amide bonds. The Labute approximate surface area is 306 Å². The zero-order valence-electron chi connectivity index (χ0n) is 27.5. The summed E-state index contributed by atoms with van der Waals surface area (Å²) in [6.07, 6.45) is 3.61. The van der Waals surface area contributed by atoms with Gasteiger partial charge in [0.15, 0.2) is 0 Å². The number of fused-ring (bicyclic) bond motifs is 3. The van der Waals surface area contributed by atoms with Gasteiger partial charge in [-0.1, -0.05) is 86.1 Å². The lowest BCUT2D eigenvalue weighted by atomic mass is 9.93. The van der Waals surface area contributed by atoms with Gasteiger partial charge in [0.2, 0.25) is 0 Å². The van der Waals surface area contributed by atoms with E-state index in [0.717, 1.165) is 50.9 Å². The molecule has 0 fully saturated rings. The molecule has 0 aliphatic heterocycles. The first-order valence-electron chi connectivity index (χ1n) is 16.8. The van der Waals surface area contributed by atoms with Crippen molar-refractivity contribution in [3.8, 4) is 47.4 Å². The molecule has 9 aromatic rings. The highest BCUT2D eigenvalue weighted by atomic mass is 32.1. The Morgan fingerprint density at radius 3 is 2.00 bits per heavy atom. The molecule has 5 nitrogen and oxygen atoms in total. The largest absolute Gasteiger partial charge is 0.477 e. The number of aliphatic carboxylic acids is 1. The summed E-state index contributed by atoms with van der Waals surface area (Å²) in [5.74, 6) is -0.202. The predicted octanol–water partition coefficient (Wildman–Crippen LogP) is 12.6. The van der Waals surface area contributed by atoms with Gasteiger partial charge >= 0.3 is 5.97 Å². The molecular formula is C43H29N3O2S3. The summed E-state index contributed by atoms with van der Waals surface area (Å²) in [6, 6.07) is 40.8. The second-order valence-electron chi connectivity index (χ2n) is 12.6. The number of hydrogen-bond acceptors (Lipinski definition) is 6. The maximum atomic E-state index is 11.3. The topological polar surface area (TPSA) is 78.9 Å². The van der Waals surface area contributed by atoms with E-state index in [4.69, 9.17) is 10.2 Å². The van der Waals surface area contributed by atoms with E-state index in [1.54, 1.807) is 28.7 Å². The first-order chi connectivity index (χ1) is 25.0. The SMILES string of the molecule is CCCCn1c(-c2ccc(-c3ccc(-c4ccc(-c5ccc(/C=C(\C#N)C(=O)O)s5)s4)s3)cc2)nc2c3cccc4ccc5cccc(c5c43)c21. The number of aryl methyl sites for hydroxylation is 1. The molecule has 4 heterocycles. The molecule has 0 spiro atoms. The Morgan fingerprint density at radius 1 is 0.745 bits per heavy atom. The molecular weight excluding hydrogens is 687 g/mol. The van der Waals surface area contributed by atoms with E-state index in [0.29, 0.717) is 0 Å². The Bertz CT molecular complexity index is 2840. The number of carbonyl (C=O) groups is 1. The maximum Gasteiger partial charge on any atom is 0.346 e. The molecule has 0 bridgehead atoms. The summed E-state index contributed by atoms with van der Waals surface area (Å²) in [4.78, 5) is 23.1. The molecule has 5 aromatic carbocycles. The number of unbranched alkanes of at least 4 members (excludes halogenated alkanes) is 1. The van der Waals surface area contributed by atoms with Crippen LogP contribution in [0.1, 0.15) is 24.6 Å². The predicted molar refractivity (Wildman–Crippen MR) is 215 cm³/mol. The zero-order valence-corrected chi connectivity index (χ0v) is 30.0. The van der Waals surface area contributed by atoms with Crippen molar-refractivity contribution < 1.29 is 9.90 Å². The normalized spacial score (nSPS) is 12.1. The minimum atomic E-state index is -1.21. The van der Waals surface area contributed by atoms with E-state index in [1.165, 1.54) is 75.4 Å². The van der Waals surface area contributed by atoms with Crippen molar-refractivity contribution in [1.82, 2.24) is 9.55 Å². The first kappa shape index (κ1) is 31.4. The van der Waals surface area contributed by atoms with Gasteiger partial charge in [-0.2, -0.15) is 5.26 Å². The lowest BCUT2D eigenvalue weighted by Crippen LogP contribution is -2.01. The lowest BCUT2D eigenvalue weighted by Gasteiger charge is -2.14. The van der Waals surface area contributed by atoms with Crippen LogP contribution in [0.3, 0.4) is 0 Å². The van der Waals surface area contributed by atoms with Crippen molar-refractivity contribution in [3.63, 3.8) is 0 Å². The summed E-state index contributed by atoms with van der Waals surface area (Å²) in [7, 11) is 0. The lowest BCUT2D eigenvalue weighted by molar-refractivity contribution is -0.132. The Hall–Kier alpha value is -5.59. The minimum Gasteiger partial charge on any atom is -0.477 e. The van der Waals surface area contributed by atoms with Gasteiger partial charge in [-0.3, -0.25) is 0 Å². The fourth-order valence-corrected chi connectivity index (χ4v) is 10.2. The summed E-state index contributed by atoms with van der Waals surface area (Å²) in [5.41, 5.74) is 4.31. The molecule has 0 radical (unpaired) electrons. The summed E-state index contributed by atoms with van der Waals surface area (Å²) >= 11 is 4.97. The number of nitrogens with zero attached hydrogens (tertiary/aromatic N) is 3. The standard InChI is InChI=1S/C43H29N3O2S3/c1-2-3-22-46-41-32-9-5-7-27-13-12-26-6-4-8-31(38(26)39(27)32)40(41)45-42(46)28-14-10-25(11-15-28)33-18-19-36(50-33)37-21-20-35(51-37)34-17-16-30(49-34)23-29(24-44)43(47)48/h4-21,23H,2-3,22H2,1H3,(H,47,48)/b29-23+. The molecule has 0 saturated heterocycles. The van der Waals surface area contributed by atoms with Crippen molar-refractivity contribution in [2.45, 2.75) is 26.3 Å². The molecule has 0 unspecified atom stereocenters. The van der Waals surface area contributed by atoms with Crippen LogP contribution < -0.4 is 0 Å². The Kier molecular flexibility index (Phi) is 7.77. The van der Waals surface area contributed by atoms with Crippen LogP contribution in [0.15, 0.2) is 115 Å². The number of imidazole rings is 1. The summed E-state index contributed by atoms with van der Waals surface area (Å²) < 4.78 is 2.45. The molecule has 9 rings (SSSR count). The zero-order chi connectivity index (χ0) is 34.6. The van der Waals surface area contributed by atoms with Crippen LogP contribution in [-0.2, 0) is 11.3 Å². The van der Waals surface area contributed by atoms with Crippen LogP contribution in [-0.4, -0.2) is 20.6 Å². The van der Waals surface area contributed by atoms with Crippen molar-refractivity contribution >= 4 is 89.4 Å². The van der Waals surface area contributed by atoms with E-state index in [-0.39, 0.29) is 5.57 Å². The van der Waals surface area contributed by atoms with Crippen molar-refractivity contribution in [2.24, 2.45) is 0 Å². The molecule has 0 saturated carbocycles. The van der Waals surface area contributed by atoms with Gasteiger partial charge in [-0.15, -0.1) is 34.0 Å². The highest BCUT2D eigenvalue weighted by Crippen LogP contribution is 2.44. The monoisotopic (exact) mass is 715 g/mol. The number of nitriles is 1. The third-order valence-corrected chi connectivity index (χ3v) is 13.1. The third kappa shape index (κ3) is 5.33. The molecule has 8 heteroatoms. The Morgan fingerprint density at radius 2 is 1.33 bits per heavy atom. The van der Waals surface area contributed by atoms with E-state index in [9.17, 15) is 9.90 Å². The average molecular weight is 716 g/mol. The van der Waals surface area contributed by atoms with Gasteiger partial charge in [-0.25, -0.2) is 9.78 Å². The third-order valence-electron chi connectivity index (χ3n) is 9.49. The van der Waals surface area contributed by atoms with E-state index < -0.39 is 5.97 Å². The van der Waals surface area contributed by atoms with Crippen molar-refractivity contribution in [3.05, 3.63) is 120 Å². The quantitative estimate of drug-likeness (QED) is 0.0916. The van der Waals surface area contributed by atoms with Crippen LogP contribution >= 0.6 is 34.0 Å². The molecule has 0 aliphatic rings. The molecule has 0 aliphatic carbocycles. The smallest absolute Gasteiger partial charge is 0.346 e. The number of hydrogen-bond donors (Lipinski definition) is 1. The second-order valence-corrected chi connectivity index (χ2v) is 15.9. The van der Waals surface area contributed by atoms with Crippen LogP contribution in [0, 0.1) is 11.3 Å². The van der Waals surface area contributed by atoms with Crippen molar-refractivity contribution in [1.29, 1.82) is 5.26 Å². The number of rotatable bonds is 9. The molecule has 246 valence electrons. The van der Waals surface area contributed by atoms with Crippen LogP contribution in [0.4, 0.5) is 0 Å². The molecule has 0 atom stereocenters. The number of carboxylic acids is 1. The number of carboxylic acid groups (broad SMARTS) is 1. The second kappa shape index (κ2) is 12.6. The van der Waals surface area contributed by atoms with Gasteiger partial charge in [-0.05, 0) is 76.0 Å². The van der Waals surface area contributed by atoms with Crippen LogP contribution in [0.5, 0.6) is 0 Å². The highest BCUT2D eigenvalue weighted by Gasteiger charge is 2.21. The summed E-state index contributed by atoms with van der Waals surface area (Å²) in [5, 5.41) is 25.9. The van der Waals surface area contributed by atoms with E-state index in [1.807, 2.05) is 12.1 Å². The summed E-state index contributed by atoms with van der Waals surface area (Å²) in [6.45, 7) is 3.15. The van der Waals surface area contributed by atoms with Gasteiger partial charge in [0.25, 0.3) is 0 Å². The van der Waals surface area contributed by atoms with Gasteiger partial charge in [0.1, 0.15) is 17.5 Å². The van der Waals surface area contributed by atoms with Crippen LogP contribution in [0.25, 0.3) is 90.8 Å². The molecule has 4 aromatic heterocycles. The van der Waals surface area contributed by atoms with E-state index >= 15 is 0 Å². The van der Waals surface area contributed by atoms with E-state index in [2.05, 4.69) is 109 Å². The maximum absolute atomic E-state index is 11.3. The fourth-order valence-electron chi connectivity index (χ4n) is 7.08. The number of thiophene rings is 3. The van der Waals surface area contributed by atoms with Gasteiger partial charge in [0, 0.05) is 52.1 Å². The van der Waals surface area contributed by atoms with Crippen molar-refractivity contribution in [2.75, 3.05) is 0 Å². The average Bonchev–Trinajstić information content (AvgIpc) is 3.98. The van der Waals surface area contributed by atoms with Gasteiger partial charge in [0.05, 0.1) is 11.0 Å². The first-order valence-corrected chi connectivity index (χ1v) is 19.3.